The van der Waals surface area contributed by atoms with E-state index >= 15 is 0 Å². The van der Waals surface area contributed by atoms with Gasteiger partial charge >= 0.3 is 0 Å². The number of likely N-dealkylation sites (N-methyl/N-ethyl adjacent to an activating group) is 1. The Hall–Kier alpha value is -1.97. The summed E-state index contributed by atoms with van der Waals surface area (Å²) in [6.07, 6.45) is 1.69. The Labute approximate surface area is 160 Å². The molecule has 8 nitrogen and oxygen atoms in total. The van der Waals surface area contributed by atoms with E-state index in [1.165, 1.54) is 24.3 Å². The fourth-order valence-electron chi connectivity index (χ4n) is 2.82. The molecule has 1 saturated heterocycles. The zero-order chi connectivity index (χ0) is 19.9. The standard InChI is InChI=1S/C18H27N3O5S/c1-3-21(4-2)17(22)13-19-18(23)14-7-9-16(10-8-14)27(24,25)20-12-15-6-5-11-26-15/h7-10,15,20H,3-6,11-13H2,1-2H3,(H,19,23). The van der Waals surface area contributed by atoms with Crippen LogP contribution in [-0.2, 0) is 19.6 Å². The van der Waals surface area contributed by atoms with E-state index in [1.807, 2.05) is 13.8 Å². The van der Waals surface area contributed by atoms with Crippen molar-refractivity contribution in [2.24, 2.45) is 0 Å². The highest BCUT2D eigenvalue weighted by atomic mass is 32.2. The van der Waals surface area contributed by atoms with Crippen molar-refractivity contribution >= 4 is 21.8 Å². The molecule has 0 saturated carbocycles. The molecule has 1 aliphatic heterocycles. The molecule has 0 bridgehead atoms. The summed E-state index contributed by atoms with van der Waals surface area (Å²) in [4.78, 5) is 25.8. The third-order valence-electron chi connectivity index (χ3n) is 4.47. The Balaban J connectivity index is 1.91. The monoisotopic (exact) mass is 397 g/mol. The predicted octanol–water partition coefficient (Wildman–Crippen LogP) is 0.742. The normalized spacial score (nSPS) is 16.9. The van der Waals surface area contributed by atoms with Crippen LogP contribution in [-0.4, -0.2) is 64.0 Å². The number of nitrogens with zero attached hydrogens (tertiary/aromatic N) is 1. The highest BCUT2D eigenvalue weighted by Gasteiger charge is 2.20. The molecular formula is C18H27N3O5S. The second kappa shape index (κ2) is 9.82. The average Bonchev–Trinajstić information content (AvgIpc) is 3.19. The number of carbonyl (C=O) groups excluding carboxylic acids is 2. The lowest BCUT2D eigenvalue weighted by atomic mass is 10.2. The Morgan fingerprint density at radius 1 is 1.19 bits per heavy atom. The molecule has 1 aliphatic rings. The molecule has 0 aromatic heterocycles. The fraction of sp³-hybridized carbons (Fsp3) is 0.556. The smallest absolute Gasteiger partial charge is 0.251 e. The summed E-state index contributed by atoms with van der Waals surface area (Å²) in [6.45, 7) is 5.70. The quantitative estimate of drug-likeness (QED) is 0.640. The van der Waals surface area contributed by atoms with Gasteiger partial charge in [0.15, 0.2) is 0 Å². The van der Waals surface area contributed by atoms with Crippen LogP contribution in [0.5, 0.6) is 0 Å². The largest absolute Gasteiger partial charge is 0.377 e. The van der Waals surface area contributed by atoms with E-state index < -0.39 is 15.9 Å². The molecule has 2 amide bonds. The molecule has 1 atom stereocenters. The highest BCUT2D eigenvalue weighted by Crippen LogP contribution is 2.14. The maximum Gasteiger partial charge on any atom is 0.251 e. The number of ether oxygens (including phenoxy) is 1. The van der Waals surface area contributed by atoms with Crippen LogP contribution in [0.2, 0.25) is 0 Å². The SMILES string of the molecule is CCN(CC)C(=O)CNC(=O)c1ccc(S(=O)(=O)NCC2CCCO2)cc1. The van der Waals surface area contributed by atoms with E-state index in [0.717, 1.165) is 12.8 Å². The van der Waals surface area contributed by atoms with Crippen LogP contribution in [0, 0.1) is 0 Å². The van der Waals surface area contributed by atoms with Crippen LogP contribution in [0.1, 0.15) is 37.0 Å². The number of hydrogen-bond acceptors (Lipinski definition) is 5. The van der Waals surface area contributed by atoms with Crippen LogP contribution in [0.3, 0.4) is 0 Å². The summed E-state index contributed by atoms with van der Waals surface area (Å²) in [5.41, 5.74) is 0.292. The molecule has 0 aliphatic carbocycles. The Kier molecular flexibility index (Phi) is 7.76. The van der Waals surface area contributed by atoms with Gasteiger partial charge in [0.1, 0.15) is 0 Å². The maximum absolute atomic E-state index is 12.3. The first-order valence-corrected chi connectivity index (χ1v) is 10.6. The van der Waals surface area contributed by atoms with Gasteiger partial charge in [0.2, 0.25) is 15.9 Å². The Morgan fingerprint density at radius 3 is 2.41 bits per heavy atom. The molecule has 1 heterocycles. The third-order valence-corrected chi connectivity index (χ3v) is 5.91. The molecule has 1 unspecified atom stereocenters. The summed E-state index contributed by atoms with van der Waals surface area (Å²) in [7, 11) is -3.66. The molecule has 150 valence electrons. The Bertz CT molecular complexity index is 739. The average molecular weight is 397 g/mol. The van der Waals surface area contributed by atoms with Crippen molar-refractivity contribution in [2.75, 3.05) is 32.8 Å². The van der Waals surface area contributed by atoms with Crippen molar-refractivity contribution in [3.63, 3.8) is 0 Å². The number of hydrogen-bond donors (Lipinski definition) is 2. The molecule has 0 radical (unpaired) electrons. The van der Waals surface area contributed by atoms with Gasteiger partial charge in [-0.15, -0.1) is 0 Å². The van der Waals surface area contributed by atoms with Gasteiger partial charge in [-0.1, -0.05) is 0 Å². The van der Waals surface area contributed by atoms with Crippen LogP contribution in [0.15, 0.2) is 29.2 Å². The van der Waals surface area contributed by atoms with E-state index in [1.54, 1.807) is 4.90 Å². The van der Waals surface area contributed by atoms with E-state index in [0.29, 0.717) is 25.3 Å². The minimum absolute atomic E-state index is 0.0799. The summed E-state index contributed by atoms with van der Waals surface area (Å²) < 4.78 is 32.5. The Morgan fingerprint density at radius 2 is 1.85 bits per heavy atom. The van der Waals surface area contributed by atoms with Gasteiger partial charge < -0.3 is 15.0 Å². The van der Waals surface area contributed by atoms with Gasteiger partial charge in [-0.3, -0.25) is 9.59 Å². The first kappa shape index (κ1) is 21.3. The van der Waals surface area contributed by atoms with Gasteiger partial charge in [0, 0.05) is 31.8 Å². The summed E-state index contributed by atoms with van der Waals surface area (Å²) in [6, 6.07) is 5.60. The molecular weight excluding hydrogens is 370 g/mol. The molecule has 0 spiro atoms. The molecule has 9 heteroatoms. The first-order valence-electron chi connectivity index (χ1n) is 9.14. The summed E-state index contributed by atoms with van der Waals surface area (Å²) >= 11 is 0. The van der Waals surface area contributed by atoms with Crippen molar-refractivity contribution in [1.29, 1.82) is 0 Å². The van der Waals surface area contributed by atoms with Crippen LogP contribution in [0.4, 0.5) is 0 Å². The first-order chi connectivity index (χ1) is 12.9. The minimum atomic E-state index is -3.66. The lowest BCUT2D eigenvalue weighted by Gasteiger charge is -2.18. The minimum Gasteiger partial charge on any atom is -0.377 e. The molecule has 2 rings (SSSR count). The fourth-order valence-corrected chi connectivity index (χ4v) is 3.89. The van der Waals surface area contributed by atoms with Crippen molar-refractivity contribution < 1.29 is 22.7 Å². The molecule has 1 aromatic rings. The van der Waals surface area contributed by atoms with Crippen molar-refractivity contribution in [3.05, 3.63) is 29.8 Å². The van der Waals surface area contributed by atoms with Gasteiger partial charge in [-0.2, -0.15) is 0 Å². The van der Waals surface area contributed by atoms with E-state index in [9.17, 15) is 18.0 Å². The number of amides is 2. The number of rotatable bonds is 9. The molecule has 27 heavy (non-hydrogen) atoms. The lowest BCUT2D eigenvalue weighted by Crippen LogP contribution is -2.40. The number of nitrogens with one attached hydrogen (secondary N) is 2. The maximum atomic E-state index is 12.3. The van der Waals surface area contributed by atoms with Crippen LogP contribution in [0.25, 0.3) is 0 Å². The van der Waals surface area contributed by atoms with Crippen LogP contribution >= 0.6 is 0 Å². The van der Waals surface area contributed by atoms with Crippen LogP contribution < -0.4 is 10.0 Å². The molecule has 2 N–H and O–H groups in total. The van der Waals surface area contributed by atoms with Crippen molar-refractivity contribution in [1.82, 2.24) is 14.9 Å². The molecule has 1 fully saturated rings. The zero-order valence-electron chi connectivity index (χ0n) is 15.7. The van der Waals surface area contributed by atoms with E-state index in [-0.39, 0.29) is 30.0 Å². The van der Waals surface area contributed by atoms with E-state index in [4.69, 9.17) is 4.74 Å². The van der Waals surface area contributed by atoms with Crippen molar-refractivity contribution in [2.45, 2.75) is 37.7 Å². The zero-order valence-corrected chi connectivity index (χ0v) is 16.5. The van der Waals surface area contributed by atoms with Crippen molar-refractivity contribution in [3.8, 4) is 0 Å². The highest BCUT2D eigenvalue weighted by molar-refractivity contribution is 7.89. The van der Waals surface area contributed by atoms with Gasteiger partial charge in [-0.05, 0) is 51.0 Å². The van der Waals surface area contributed by atoms with Gasteiger partial charge in [-0.25, -0.2) is 13.1 Å². The topological polar surface area (TPSA) is 105 Å². The predicted molar refractivity (Wildman–Crippen MR) is 101 cm³/mol. The van der Waals surface area contributed by atoms with Gasteiger partial charge in [0.05, 0.1) is 17.5 Å². The number of carbonyl (C=O) groups is 2. The lowest BCUT2D eigenvalue weighted by molar-refractivity contribution is -0.129. The molecule has 1 aromatic carbocycles. The third kappa shape index (κ3) is 6.02. The number of sulfonamides is 1. The van der Waals surface area contributed by atoms with E-state index in [2.05, 4.69) is 10.0 Å². The van der Waals surface area contributed by atoms with Gasteiger partial charge in [0.25, 0.3) is 5.91 Å². The second-order valence-corrected chi connectivity index (χ2v) is 8.03. The second-order valence-electron chi connectivity index (χ2n) is 6.26. The summed E-state index contributed by atoms with van der Waals surface area (Å²) in [5, 5.41) is 2.56. The summed E-state index contributed by atoms with van der Waals surface area (Å²) in [5.74, 6) is -0.586. The number of benzene rings is 1.